The number of aromatic nitrogens is 4. The fourth-order valence-corrected chi connectivity index (χ4v) is 4.66. The zero-order chi connectivity index (χ0) is 26.7. The van der Waals surface area contributed by atoms with Gasteiger partial charge in [0, 0.05) is 30.8 Å². The van der Waals surface area contributed by atoms with Gasteiger partial charge in [0.05, 0.1) is 22.6 Å². The van der Waals surface area contributed by atoms with Crippen molar-refractivity contribution in [3.63, 3.8) is 0 Å². The van der Waals surface area contributed by atoms with Gasteiger partial charge in [-0.25, -0.2) is 14.8 Å². The Balaban J connectivity index is 1.36. The molecule has 11 heteroatoms. The summed E-state index contributed by atoms with van der Waals surface area (Å²) in [5.41, 5.74) is 1.96. The van der Waals surface area contributed by atoms with Crippen molar-refractivity contribution < 1.29 is 22.7 Å². The molecule has 7 nitrogen and oxygen atoms in total. The summed E-state index contributed by atoms with van der Waals surface area (Å²) in [6.07, 6.45) is -2.07. The number of benzene rings is 2. The van der Waals surface area contributed by atoms with Crippen LogP contribution in [0, 0.1) is 4.77 Å². The summed E-state index contributed by atoms with van der Waals surface area (Å²) in [6, 6.07) is 16.2. The molecule has 1 fully saturated rings. The third-order valence-corrected chi connectivity index (χ3v) is 6.68. The van der Waals surface area contributed by atoms with Crippen molar-refractivity contribution in [2.75, 3.05) is 13.1 Å². The second-order valence-corrected chi connectivity index (χ2v) is 9.40. The molecule has 0 saturated carbocycles. The number of alkyl halides is 3. The van der Waals surface area contributed by atoms with Crippen LogP contribution in [0.25, 0.3) is 22.6 Å². The molecule has 4 aromatic rings. The van der Waals surface area contributed by atoms with E-state index in [4.69, 9.17) is 21.9 Å². The van der Waals surface area contributed by atoms with E-state index in [-0.39, 0.29) is 23.4 Å². The van der Waals surface area contributed by atoms with E-state index in [0.29, 0.717) is 54.4 Å². The highest BCUT2D eigenvalue weighted by atomic mass is 32.1. The Morgan fingerprint density at radius 3 is 2.53 bits per heavy atom. The number of aromatic amines is 2. The number of nitrogens with one attached hydrogen (secondary N) is 2. The Morgan fingerprint density at radius 1 is 1.05 bits per heavy atom. The van der Waals surface area contributed by atoms with Crippen LogP contribution in [0.4, 0.5) is 18.0 Å². The molecule has 2 aromatic heterocycles. The lowest BCUT2D eigenvalue weighted by Gasteiger charge is -2.30. The van der Waals surface area contributed by atoms with Crippen molar-refractivity contribution >= 4 is 18.3 Å². The van der Waals surface area contributed by atoms with Gasteiger partial charge in [-0.05, 0) is 48.8 Å². The second kappa shape index (κ2) is 10.8. The molecule has 0 spiro atoms. The van der Waals surface area contributed by atoms with Crippen molar-refractivity contribution in [1.82, 2.24) is 24.8 Å². The molecule has 0 unspecified atom stereocenters. The maximum Gasteiger partial charge on any atom is 0.416 e. The molecule has 2 N–H and O–H groups in total. The molecular formula is C27H24F3N5O2S. The highest BCUT2D eigenvalue weighted by Gasteiger charge is 2.32. The van der Waals surface area contributed by atoms with E-state index in [1.165, 1.54) is 12.3 Å². The Kier molecular flexibility index (Phi) is 7.28. The molecule has 1 aliphatic heterocycles. The van der Waals surface area contributed by atoms with Crippen molar-refractivity contribution in [3.8, 4) is 22.6 Å². The van der Waals surface area contributed by atoms with E-state index in [1.54, 1.807) is 17.0 Å². The fourth-order valence-electron chi connectivity index (χ4n) is 4.49. The van der Waals surface area contributed by atoms with Crippen molar-refractivity contribution in [3.05, 3.63) is 88.6 Å². The van der Waals surface area contributed by atoms with E-state index >= 15 is 0 Å². The number of piperidine rings is 1. The number of amides is 1. The third-order valence-electron chi connectivity index (χ3n) is 6.47. The normalized spacial score (nSPS) is 14.4. The SMILES string of the molecule is O=C(OCc1ccccc1)N1CCC(c2nc(-c3cccc(C(F)(F)F)c3)c(-c3ccnc(=S)[nH]3)[nH]2)CC1. The molecule has 196 valence electrons. The Labute approximate surface area is 221 Å². The van der Waals surface area contributed by atoms with Crippen LogP contribution in [0.3, 0.4) is 0 Å². The van der Waals surface area contributed by atoms with Gasteiger partial charge in [-0.3, -0.25) is 0 Å². The van der Waals surface area contributed by atoms with Crippen LogP contribution in [0.2, 0.25) is 0 Å². The summed E-state index contributed by atoms with van der Waals surface area (Å²) < 4.78 is 45.9. The molecule has 1 aliphatic rings. The topological polar surface area (TPSA) is 86.9 Å². The number of H-pyrrole nitrogens is 2. The van der Waals surface area contributed by atoms with Crippen LogP contribution in [0.1, 0.15) is 35.7 Å². The van der Waals surface area contributed by atoms with E-state index < -0.39 is 11.7 Å². The monoisotopic (exact) mass is 539 g/mol. The van der Waals surface area contributed by atoms with Gasteiger partial charge >= 0.3 is 12.3 Å². The predicted molar refractivity (Wildman–Crippen MR) is 138 cm³/mol. The molecule has 2 aromatic carbocycles. The number of carbonyl (C=O) groups is 1. The molecule has 0 atom stereocenters. The van der Waals surface area contributed by atoms with Crippen molar-refractivity contribution in [2.45, 2.75) is 31.5 Å². The summed E-state index contributed by atoms with van der Waals surface area (Å²) in [6.45, 7) is 1.16. The fraction of sp³-hybridized carbons (Fsp3) is 0.259. The summed E-state index contributed by atoms with van der Waals surface area (Å²) in [7, 11) is 0. The van der Waals surface area contributed by atoms with E-state index in [2.05, 4.69) is 15.0 Å². The summed E-state index contributed by atoms with van der Waals surface area (Å²) in [5, 5.41) is 0. The minimum Gasteiger partial charge on any atom is -0.445 e. The first-order chi connectivity index (χ1) is 18.3. The maximum atomic E-state index is 13.4. The zero-order valence-corrected chi connectivity index (χ0v) is 21.0. The first-order valence-corrected chi connectivity index (χ1v) is 12.5. The first kappa shape index (κ1) is 25.7. The van der Waals surface area contributed by atoms with Gasteiger partial charge in [-0.2, -0.15) is 13.2 Å². The first-order valence-electron chi connectivity index (χ1n) is 12.1. The number of carbonyl (C=O) groups excluding carboxylic acids is 1. The number of halogens is 3. The number of rotatable bonds is 5. The molecule has 3 heterocycles. The lowest BCUT2D eigenvalue weighted by molar-refractivity contribution is -0.137. The quantitative estimate of drug-likeness (QED) is 0.275. The van der Waals surface area contributed by atoms with E-state index in [0.717, 1.165) is 17.7 Å². The van der Waals surface area contributed by atoms with Crippen molar-refractivity contribution in [2.24, 2.45) is 0 Å². The van der Waals surface area contributed by atoms with Gasteiger partial charge in [0.15, 0.2) is 4.77 Å². The average Bonchev–Trinajstić information content (AvgIpc) is 3.38. The second-order valence-electron chi connectivity index (χ2n) is 9.01. The summed E-state index contributed by atoms with van der Waals surface area (Å²) >= 11 is 5.15. The summed E-state index contributed by atoms with van der Waals surface area (Å²) in [5.74, 6) is 0.622. The Hall–Kier alpha value is -3.99. The van der Waals surface area contributed by atoms with Crippen LogP contribution in [-0.2, 0) is 17.5 Å². The van der Waals surface area contributed by atoms with Crippen molar-refractivity contribution in [1.29, 1.82) is 0 Å². The van der Waals surface area contributed by atoms with Gasteiger partial charge in [0.1, 0.15) is 12.4 Å². The molecule has 0 aliphatic carbocycles. The standard InChI is InChI=1S/C27H24F3N5O2S/c28-27(29,30)20-8-4-7-19(15-20)22-23(21-9-12-31-25(38)32-21)34-24(33-22)18-10-13-35(14-11-18)26(36)37-16-17-5-2-1-3-6-17/h1-9,12,15,18H,10-11,13-14,16H2,(H,33,34)(H,31,32,38). The third kappa shape index (κ3) is 5.77. The van der Waals surface area contributed by atoms with Crippen LogP contribution in [-0.4, -0.2) is 44.0 Å². The van der Waals surface area contributed by atoms with Crippen LogP contribution < -0.4 is 0 Å². The minimum absolute atomic E-state index is 0.0173. The predicted octanol–water partition coefficient (Wildman–Crippen LogP) is 6.73. The van der Waals surface area contributed by atoms with Crippen LogP contribution in [0.15, 0.2) is 66.9 Å². The molecule has 0 radical (unpaired) electrons. The van der Waals surface area contributed by atoms with Gasteiger partial charge in [0.2, 0.25) is 0 Å². The number of hydrogen-bond donors (Lipinski definition) is 2. The lowest BCUT2D eigenvalue weighted by Crippen LogP contribution is -2.38. The number of imidazole rings is 1. The largest absolute Gasteiger partial charge is 0.445 e. The highest BCUT2D eigenvalue weighted by molar-refractivity contribution is 7.71. The highest BCUT2D eigenvalue weighted by Crippen LogP contribution is 2.37. The van der Waals surface area contributed by atoms with Gasteiger partial charge < -0.3 is 19.6 Å². The summed E-state index contributed by atoms with van der Waals surface area (Å²) in [4.78, 5) is 29.3. The molecule has 5 rings (SSSR count). The molecule has 0 bridgehead atoms. The van der Waals surface area contributed by atoms with Crippen LogP contribution >= 0.6 is 12.2 Å². The number of hydrogen-bond acceptors (Lipinski definition) is 5. The molecule has 1 saturated heterocycles. The van der Waals surface area contributed by atoms with E-state index in [1.807, 2.05) is 30.3 Å². The Bertz CT molecular complexity index is 1480. The molecule has 1 amide bonds. The maximum absolute atomic E-state index is 13.4. The lowest BCUT2D eigenvalue weighted by atomic mass is 9.96. The zero-order valence-electron chi connectivity index (χ0n) is 20.2. The van der Waals surface area contributed by atoms with Crippen LogP contribution in [0.5, 0.6) is 0 Å². The van der Waals surface area contributed by atoms with Gasteiger partial charge in [-0.15, -0.1) is 0 Å². The van der Waals surface area contributed by atoms with Gasteiger partial charge in [-0.1, -0.05) is 42.5 Å². The number of ether oxygens (including phenoxy) is 1. The molecular weight excluding hydrogens is 515 g/mol. The molecule has 38 heavy (non-hydrogen) atoms. The van der Waals surface area contributed by atoms with E-state index in [9.17, 15) is 18.0 Å². The Morgan fingerprint density at radius 2 is 1.82 bits per heavy atom. The average molecular weight is 540 g/mol. The smallest absolute Gasteiger partial charge is 0.416 e. The number of likely N-dealkylation sites (tertiary alicyclic amines) is 1. The minimum atomic E-state index is -4.48. The van der Waals surface area contributed by atoms with Gasteiger partial charge in [0.25, 0.3) is 0 Å². The number of nitrogens with zero attached hydrogens (tertiary/aromatic N) is 3.